The fourth-order valence-corrected chi connectivity index (χ4v) is 2.27. The molecular formula is C17H18FN3OS. The van der Waals surface area contributed by atoms with Gasteiger partial charge in [-0.15, -0.1) is 0 Å². The summed E-state index contributed by atoms with van der Waals surface area (Å²) in [7, 11) is 0. The van der Waals surface area contributed by atoms with Gasteiger partial charge in [-0.3, -0.25) is 0 Å². The molecule has 120 valence electrons. The molecule has 23 heavy (non-hydrogen) atoms. The van der Waals surface area contributed by atoms with E-state index in [2.05, 4.69) is 15.8 Å². The van der Waals surface area contributed by atoms with Gasteiger partial charge in [0.1, 0.15) is 11.9 Å². The van der Waals surface area contributed by atoms with Gasteiger partial charge in [0.15, 0.2) is 5.11 Å². The number of rotatable bonds is 6. The first-order valence-corrected chi connectivity index (χ1v) is 7.71. The smallest absolute Gasteiger partial charge is 0.170 e. The molecule has 0 bridgehead atoms. The molecular weight excluding hydrogens is 313 g/mol. The van der Waals surface area contributed by atoms with Crippen LogP contribution in [0.15, 0.2) is 53.7 Å². The molecule has 0 heterocycles. The summed E-state index contributed by atoms with van der Waals surface area (Å²) in [6.07, 6.45) is 0.754. The van der Waals surface area contributed by atoms with Crippen LogP contribution in [0.2, 0.25) is 0 Å². The molecule has 0 amide bonds. The highest BCUT2D eigenvalue weighted by Gasteiger charge is 2.04. The molecule has 6 heteroatoms. The van der Waals surface area contributed by atoms with Gasteiger partial charge in [0.25, 0.3) is 0 Å². The Morgan fingerprint density at radius 1 is 1.17 bits per heavy atom. The van der Waals surface area contributed by atoms with Crippen molar-refractivity contribution in [1.82, 2.24) is 5.32 Å². The van der Waals surface area contributed by atoms with Crippen LogP contribution in [0, 0.1) is 10.7 Å². The van der Waals surface area contributed by atoms with Crippen LogP contribution in [0.3, 0.4) is 0 Å². The molecule has 0 unspecified atom stereocenters. The van der Waals surface area contributed by atoms with Crippen molar-refractivity contribution in [3.05, 3.63) is 70.4 Å². The molecule has 0 spiro atoms. The average Bonchev–Trinajstić information content (AvgIpc) is 2.56. The third-order valence-electron chi connectivity index (χ3n) is 3.42. The minimum atomic E-state index is -0.357. The Bertz CT molecular complexity index is 659. The average molecular weight is 331 g/mol. The minimum absolute atomic E-state index is 0.235. The lowest BCUT2D eigenvalue weighted by molar-refractivity contribution is 0.627. The van der Waals surface area contributed by atoms with E-state index in [0.717, 1.165) is 23.2 Å². The largest absolute Gasteiger partial charge is 0.362 e. The van der Waals surface area contributed by atoms with E-state index in [1.54, 1.807) is 19.1 Å². The van der Waals surface area contributed by atoms with Crippen LogP contribution in [0.1, 0.15) is 24.1 Å². The Kier molecular flexibility index (Phi) is 6.17. The SMILES string of the molecule is C[C@@H](N=O)c1ccc(NC(=S)NCCc2ccc(F)cc2)cc1. The van der Waals surface area contributed by atoms with E-state index in [1.807, 2.05) is 24.3 Å². The van der Waals surface area contributed by atoms with Gasteiger partial charge in [-0.25, -0.2) is 4.39 Å². The lowest BCUT2D eigenvalue weighted by atomic mass is 10.1. The third-order valence-corrected chi connectivity index (χ3v) is 3.67. The molecule has 0 fully saturated rings. The predicted octanol–water partition coefficient (Wildman–Crippen LogP) is 4.18. The normalized spacial score (nSPS) is 11.6. The quantitative estimate of drug-likeness (QED) is 0.616. The maximum atomic E-state index is 12.8. The molecule has 0 radical (unpaired) electrons. The number of benzene rings is 2. The fourth-order valence-electron chi connectivity index (χ4n) is 2.05. The van der Waals surface area contributed by atoms with Gasteiger partial charge in [-0.1, -0.05) is 29.4 Å². The van der Waals surface area contributed by atoms with Gasteiger partial charge in [-0.05, 0) is 61.0 Å². The van der Waals surface area contributed by atoms with E-state index in [9.17, 15) is 9.30 Å². The molecule has 1 atom stereocenters. The summed E-state index contributed by atoms with van der Waals surface area (Å²) in [6, 6.07) is 13.4. The second-order valence-electron chi connectivity index (χ2n) is 5.16. The van der Waals surface area contributed by atoms with Crippen molar-refractivity contribution in [2.75, 3.05) is 11.9 Å². The number of hydrogen-bond donors (Lipinski definition) is 2. The van der Waals surface area contributed by atoms with Crippen LogP contribution in [0.4, 0.5) is 10.1 Å². The van der Waals surface area contributed by atoms with Crippen molar-refractivity contribution >= 4 is 23.0 Å². The minimum Gasteiger partial charge on any atom is -0.362 e. The van der Waals surface area contributed by atoms with E-state index >= 15 is 0 Å². The van der Waals surface area contributed by atoms with Crippen molar-refractivity contribution in [1.29, 1.82) is 0 Å². The highest BCUT2D eigenvalue weighted by molar-refractivity contribution is 7.80. The molecule has 0 aliphatic carbocycles. The lowest BCUT2D eigenvalue weighted by Gasteiger charge is -2.11. The van der Waals surface area contributed by atoms with Crippen molar-refractivity contribution in [3.8, 4) is 0 Å². The standard InChI is InChI=1S/C17H18FN3OS/c1-12(21-22)14-4-8-16(9-5-14)20-17(23)19-11-10-13-2-6-15(18)7-3-13/h2-9,12H,10-11H2,1H3,(H2,19,20,23)/t12-/m1/s1. The van der Waals surface area contributed by atoms with E-state index < -0.39 is 0 Å². The Morgan fingerprint density at radius 2 is 1.83 bits per heavy atom. The van der Waals surface area contributed by atoms with E-state index in [1.165, 1.54) is 12.1 Å². The molecule has 0 aliphatic rings. The van der Waals surface area contributed by atoms with Crippen molar-refractivity contribution < 1.29 is 4.39 Å². The van der Waals surface area contributed by atoms with Crippen LogP contribution >= 0.6 is 12.2 Å². The van der Waals surface area contributed by atoms with Crippen molar-refractivity contribution in [2.24, 2.45) is 5.18 Å². The van der Waals surface area contributed by atoms with Crippen LogP contribution in [0.25, 0.3) is 0 Å². The Morgan fingerprint density at radius 3 is 2.43 bits per heavy atom. The van der Waals surface area contributed by atoms with Crippen LogP contribution in [0.5, 0.6) is 0 Å². The number of halogens is 1. The van der Waals surface area contributed by atoms with Crippen LogP contribution in [-0.2, 0) is 6.42 Å². The first-order chi connectivity index (χ1) is 11.1. The topological polar surface area (TPSA) is 53.5 Å². The lowest BCUT2D eigenvalue weighted by Crippen LogP contribution is -2.30. The van der Waals surface area contributed by atoms with E-state index in [-0.39, 0.29) is 11.9 Å². The number of nitrogens with zero attached hydrogens (tertiary/aromatic N) is 1. The summed E-state index contributed by atoms with van der Waals surface area (Å²) in [5.41, 5.74) is 2.74. The van der Waals surface area contributed by atoms with Crippen molar-refractivity contribution in [3.63, 3.8) is 0 Å². The summed E-state index contributed by atoms with van der Waals surface area (Å²) in [4.78, 5) is 10.5. The summed E-state index contributed by atoms with van der Waals surface area (Å²) >= 11 is 5.23. The second kappa shape index (κ2) is 8.33. The van der Waals surface area contributed by atoms with E-state index in [4.69, 9.17) is 12.2 Å². The predicted molar refractivity (Wildman–Crippen MR) is 95.0 cm³/mol. The Balaban J connectivity index is 1.78. The summed E-state index contributed by atoms with van der Waals surface area (Å²) in [5.74, 6) is -0.235. The van der Waals surface area contributed by atoms with Gasteiger partial charge in [0, 0.05) is 12.2 Å². The van der Waals surface area contributed by atoms with Gasteiger partial charge >= 0.3 is 0 Å². The monoisotopic (exact) mass is 331 g/mol. The van der Waals surface area contributed by atoms with E-state index in [0.29, 0.717) is 11.7 Å². The molecule has 0 aromatic heterocycles. The maximum Gasteiger partial charge on any atom is 0.170 e. The first-order valence-electron chi connectivity index (χ1n) is 7.30. The molecule has 2 aromatic carbocycles. The molecule has 2 aromatic rings. The molecule has 4 nitrogen and oxygen atoms in total. The van der Waals surface area contributed by atoms with Gasteiger partial charge in [0.2, 0.25) is 0 Å². The number of nitroso groups, excluding NO2 is 1. The van der Waals surface area contributed by atoms with Gasteiger partial charge in [0.05, 0.1) is 0 Å². The molecule has 2 rings (SSSR count). The summed E-state index contributed by atoms with van der Waals surface area (Å²) in [6.45, 7) is 2.40. The van der Waals surface area contributed by atoms with Crippen LogP contribution < -0.4 is 10.6 Å². The third kappa shape index (κ3) is 5.41. The Labute approximate surface area is 140 Å². The van der Waals surface area contributed by atoms with Gasteiger partial charge in [-0.2, -0.15) is 4.91 Å². The second-order valence-corrected chi connectivity index (χ2v) is 5.57. The Hall–Kier alpha value is -2.34. The molecule has 2 N–H and O–H groups in total. The number of nitrogens with one attached hydrogen (secondary N) is 2. The maximum absolute atomic E-state index is 12.8. The summed E-state index contributed by atoms with van der Waals surface area (Å²) in [5, 5.41) is 9.68. The zero-order valence-electron chi connectivity index (χ0n) is 12.8. The van der Waals surface area contributed by atoms with Gasteiger partial charge < -0.3 is 10.6 Å². The fraction of sp³-hybridized carbons (Fsp3) is 0.235. The number of hydrogen-bond acceptors (Lipinski definition) is 3. The zero-order valence-corrected chi connectivity index (χ0v) is 13.6. The molecule has 0 saturated heterocycles. The molecule has 0 saturated carbocycles. The highest BCUT2D eigenvalue weighted by Crippen LogP contribution is 2.18. The zero-order chi connectivity index (χ0) is 16.7. The summed E-state index contributed by atoms with van der Waals surface area (Å²) < 4.78 is 12.8. The number of thiocarbonyl (C=S) groups is 1. The van der Waals surface area contributed by atoms with Crippen molar-refractivity contribution in [2.45, 2.75) is 19.4 Å². The number of anilines is 1. The highest BCUT2D eigenvalue weighted by atomic mass is 32.1. The first kappa shape index (κ1) is 17.0. The molecule has 0 aliphatic heterocycles. The van der Waals surface area contributed by atoms with Crippen LogP contribution in [-0.4, -0.2) is 11.7 Å².